The van der Waals surface area contributed by atoms with Gasteiger partial charge >= 0.3 is 0 Å². The Balaban J connectivity index is 2.27. The fourth-order valence-corrected chi connectivity index (χ4v) is 2.26. The second-order valence-corrected chi connectivity index (χ2v) is 5.39. The molecule has 0 saturated heterocycles. The van der Waals surface area contributed by atoms with Crippen molar-refractivity contribution in [3.63, 3.8) is 0 Å². The van der Waals surface area contributed by atoms with Crippen molar-refractivity contribution in [1.29, 1.82) is 0 Å². The van der Waals surface area contributed by atoms with Gasteiger partial charge in [-0.2, -0.15) is 0 Å². The lowest BCUT2D eigenvalue weighted by Gasteiger charge is -2.28. The molecule has 0 aromatic heterocycles. The zero-order chi connectivity index (χ0) is 13.9. The lowest BCUT2D eigenvalue weighted by Crippen LogP contribution is -2.29. The smallest absolute Gasteiger partial charge is 0.123 e. The topological polar surface area (TPSA) is 20.2 Å². The van der Waals surface area contributed by atoms with E-state index in [0.717, 1.165) is 12.0 Å². The molecule has 0 spiro atoms. The standard InChI is InChI=1S/C17H19FO/c1-13-3-5-14(6-4-13)11-17(2,12-19)15-7-9-16(18)10-8-15/h3-10,19H,11-12H2,1-2H3. The van der Waals surface area contributed by atoms with Crippen LogP contribution in [0.15, 0.2) is 48.5 Å². The van der Waals surface area contributed by atoms with Gasteiger partial charge in [0.05, 0.1) is 6.61 Å². The number of aryl methyl sites for hydroxylation is 1. The molecule has 0 aliphatic carbocycles. The number of benzene rings is 2. The van der Waals surface area contributed by atoms with Crippen LogP contribution in [0.1, 0.15) is 23.6 Å². The van der Waals surface area contributed by atoms with E-state index in [4.69, 9.17) is 0 Å². The summed E-state index contributed by atoms with van der Waals surface area (Å²) in [6.45, 7) is 4.08. The number of aliphatic hydroxyl groups excluding tert-OH is 1. The first-order valence-electron chi connectivity index (χ1n) is 6.46. The van der Waals surface area contributed by atoms with Gasteiger partial charge in [0.25, 0.3) is 0 Å². The highest BCUT2D eigenvalue weighted by Gasteiger charge is 2.26. The predicted octanol–water partition coefficient (Wildman–Crippen LogP) is 3.63. The summed E-state index contributed by atoms with van der Waals surface area (Å²) >= 11 is 0. The SMILES string of the molecule is Cc1ccc(CC(C)(CO)c2ccc(F)cc2)cc1. The molecule has 1 unspecified atom stereocenters. The molecule has 100 valence electrons. The summed E-state index contributed by atoms with van der Waals surface area (Å²) in [5.74, 6) is -0.251. The molecule has 2 aromatic carbocycles. The second-order valence-electron chi connectivity index (χ2n) is 5.39. The molecule has 0 saturated carbocycles. The Morgan fingerprint density at radius 1 is 1.00 bits per heavy atom. The van der Waals surface area contributed by atoms with Crippen molar-refractivity contribution < 1.29 is 9.50 Å². The minimum atomic E-state index is -0.386. The van der Waals surface area contributed by atoms with Gasteiger partial charge in [-0.15, -0.1) is 0 Å². The normalized spacial score (nSPS) is 14.1. The average molecular weight is 258 g/mol. The van der Waals surface area contributed by atoms with Gasteiger partial charge in [0.1, 0.15) is 5.82 Å². The van der Waals surface area contributed by atoms with Gasteiger partial charge in [-0.05, 0) is 36.6 Å². The van der Waals surface area contributed by atoms with Crippen LogP contribution in [0.2, 0.25) is 0 Å². The third-order valence-electron chi connectivity index (χ3n) is 3.61. The van der Waals surface area contributed by atoms with Gasteiger partial charge in [0.2, 0.25) is 0 Å². The molecule has 2 aromatic rings. The fraction of sp³-hybridized carbons (Fsp3) is 0.294. The molecule has 19 heavy (non-hydrogen) atoms. The Morgan fingerprint density at radius 2 is 1.58 bits per heavy atom. The molecule has 0 aliphatic rings. The first kappa shape index (κ1) is 13.8. The maximum Gasteiger partial charge on any atom is 0.123 e. The van der Waals surface area contributed by atoms with Gasteiger partial charge < -0.3 is 5.11 Å². The average Bonchev–Trinajstić information content (AvgIpc) is 2.42. The van der Waals surface area contributed by atoms with Gasteiger partial charge in [-0.3, -0.25) is 0 Å². The van der Waals surface area contributed by atoms with Crippen LogP contribution in [0.25, 0.3) is 0 Å². The summed E-state index contributed by atoms with van der Waals surface area (Å²) in [4.78, 5) is 0. The molecular formula is C17H19FO. The van der Waals surface area contributed by atoms with Crippen molar-refractivity contribution in [3.8, 4) is 0 Å². The maximum atomic E-state index is 13.0. The van der Waals surface area contributed by atoms with E-state index in [-0.39, 0.29) is 17.8 Å². The zero-order valence-corrected chi connectivity index (χ0v) is 11.4. The Hall–Kier alpha value is -1.67. The van der Waals surface area contributed by atoms with Crippen molar-refractivity contribution >= 4 is 0 Å². The van der Waals surface area contributed by atoms with Crippen LogP contribution in [-0.4, -0.2) is 11.7 Å². The molecule has 0 amide bonds. The molecule has 0 bridgehead atoms. The van der Waals surface area contributed by atoms with Crippen LogP contribution in [-0.2, 0) is 11.8 Å². The summed E-state index contributed by atoms with van der Waals surface area (Å²) in [6, 6.07) is 14.7. The molecule has 0 radical (unpaired) electrons. The highest BCUT2D eigenvalue weighted by molar-refractivity contribution is 5.30. The van der Waals surface area contributed by atoms with E-state index in [1.807, 2.05) is 6.92 Å². The monoisotopic (exact) mass is 258 g/mol. The molecule has 1 nitrogen and oxygen atoms in total. The molecule has 0 aliphatic heterocycles. The van der Waals surface area contributed by atoms with Crippen molar-refractivity contribution in [1.82, 2.24) is 0 Å². The maximum absolute atomic E-state index is 13.0. The molecular weight excluding hydrogens is 239 g/mol. The Bertz CT molecular complexity index is 530. The number of halogens is 1. The van der Waals surface area contributed by atoms with Crippen LogP contribution in [0.4, 0.5) is 4.39 Å². The van der Waals surface area contributed by atoms with Crippen molar-refractivity contribution in [3.05, 3.63) is 71.0 Å². The second kappa shape index (κ2) is 5.54. The molecule has 2 heteroatoms. The predicted molar refractivity (Wildman–Crippen MR) is 75.7 cm³/mol. The summed E-state index contributed by atoms with van der Waals surface area (Å²) in [6.07, 6.45) is 0.732. The molecule has 1 N–H and O–H groups in total. The van der Waals surface area contributed by atoms with Crippen LogP contribution in [0.5, 0.6) is 0 Å². The number of hydrogen-bond donors (Lipinski definition) is 1. The summed E-state index contributed by atoms with van der Waals surface area (Å²) in [5, 5.41) is 9.73. The van der Waals surface area contributed by atoms with Crippen LogP contribution < -0.4 is 0 Å². The van der Waals surface area contributed by atoms with Gasteiger partial charge in [0, 0.05) is 5.41 Å². The van der Waals surface area contributed by atoms with Crippen molar-refractivity contribution in [2.75, 3.05) is 6.61 Å². The van der Waals surface area contributed by atoms with Crippen LogP contribution in [0.3, 0.4) is 0 Å². The lowest BCUT2D eigenvalue weighted by molar-refractivity contribution is 0.204. The Labute approximate surface area is 113 Å². The third-order valence-corrected chi connectivity index (χ3v) is 3.61. The first-order chi connectivity index (χ1) is 9.03. The highest BCUT2D eigenvalue weighted by atomic mass is 19.1. The molecule has 2 rings (SSSR count). The van der Waals surface area contributed by atoms with Crippen molar-refractivity contribution in [2.24, 2.45) is 0 Å². The minimum Gasteiger partial charge on any atom is -0.395 e. The van der Waals surface area contributed by atoms with E-state index >= 15 is 0 Å². The number of rotatable bonds is 4. The zero-order valence-electron chi connectivity index (χ0n) is 11.4. The van der Waals surface area contributed by atoms with E-state index in [0.29, 0.717) is 0 Å². The first-order valence-corrected chi connectivity index (χ1v) is 6.46. The minimum absolute atomic E-state index is 0.0342. The summed E-state index contributed by atoms with van der Waals surface area (Å²) in [5.41, 5.74) is 2.96. The number of hydrogen-bond acceptors (Lipinski definition) is 1. The quantitative estimate of drug-likeness (QED) is 0.888. The van der Waals surface area contributed by atoms with Crippen molar-refractivity contribution in [2.45, 2.75) is 25.7 Å². The third kappa shape index (κ3) is 3.21. The van der Waals surface area contributed by atoms with Crippen LogP contribution >= 0.6 is 0 Å². The summed E-state index contributed by atoms with van der Waals surface area (Å²) in [7, 11) is 0. The molecule has 0 heterocycles. The Kier molecular flexibility index (Phi) is 4.01. The molecule has 1 atom stereocenters. The van der Waals surface area contributed by atoms with E-state index in [9.17, 15) is 9.50 Å². The lowest BCUT2D eigenvalue weighted by atomic mass is 9.78. The molecule has 0 fully saturated rings. The Morgan fingerprint density at radius 3 is 2.11 bits per heavy atom. The highest BCUT2D eigenvalue weighted by Crippen LogP contribution is 2.28. The van der Waals surface area contributed by atoms with E-state index in [1.165, 1.54) is 23.3 Å². The van der Waals surface area contributed by atoms with E-state index in [1.54, 1.807) is 12.1 Å². The van der Waals surface area contributed by atoms with Gasteiger partial charge in [-0.25, -0.2) is 4.39 Å². The fourth-order valence-electron chi connectivity index (χ4n) is 2.26. The summed E-state index contributed by atoms with van der Waals surface area (Å²) < 4.78 is 13.0. The largest absolute Gasteiger partial charge is 0.395 e. The van der Waals surface area contributed by atoms with Gasteiger partial charge in [-0.1, -0.05) is 48.9 Å². The van der Waals surface area contributed by atoms with Crippen LogP contribution in [0, 0.1) is 12.7 Å². The van der Waals surface area contributed by atoms with Gasteiger partial charge in [0.15, 0.2) is 0 Å². The van der Waals surface area contributed by atoms with E-state index in [2.05, 4.69) is 31.2 Å². The van der Waals surface area contributed by atoms with E-state index < -0.39 is 0 Å². The number of aliphatic hydroxyl groups is 1.